The Morgan fingerprint density at radius 3 is 2.38 bits per heavy atom. The molecular weight excluding hydrogens is 475 g/mol. The lowest BCUT2D eigenvalue weighted by atomic mass is 10.0. The number of hydrogen-bond donors (Lipinski definition) is 1. The topological polar surface area (TPSA) is 46.0 Å². The lowest BCUT2D eigenvalue weighted by Crippen LogP contribution is -2.31. The van der Waals surface area contributed by atoms with Crippen LogP contribution >= 0.6 is 0 Å². The van der Waals surface area contributed by atoms with E-state index in [-0.39, 0.29) is 6.04 Å². The van der Waals surface area contributed by atoms with Gasteiger partial charge in [-0.25, -0.2) is 9.97 Å². The van der Waals surface area contributed by atoms with Gasteiger partial charge in [-0.2, -0.15) is 13.2 Å². The Labute approximate surface area is 215 Å². The molecule has 0 bridgehead atoms. The summed E-state index contributed by atoms with van der Waals surface area (Å²) in [5.41, 5.74) is 3.02. The van der Waals surface area contributed by atoms with E-state index >= 15 is 0 Å². The molecule has 2 aromatic heterocycles. The number of aromatic nitrogens is 3. The number of imidazole rings is 1. The third-order valence-corrected chi connectivity index (χ3v) is 6.87. The molecule has 2 aromatic carbocycles. The average molecular weight is 506 g/mol. The summed E-state index contributed by atoms with van der Waals surface area (Å²) >= 11 is 0. The Morgan fingerprint density at radius 1 is 0.892 bits per heavy atom. The molecule has 192 valence electrons. The molecule has 0 amide bonds. The van der Waals surface area contributed by atoms with Crippen LogP contribution in [0.4, 0.5) is 24.9 Å². The quantitative estimate of drug-likeness (QED) is 0.298. The number of nitrogens with one attached hydrogen (secondary N) is 1. The standard InChI is InChI=1S/C29H30F3N5/c1-20(21-10-5-3-6-11-21)34-25-19-22(14-15-33-25)26-27(23-12-9-13-24(18-23)29(30,31)32)36(2)28(35-26)37-16-7-4-8-17-37/h3,5-6,9-15,18-20H,4,7-8,16-17H2,1-2H3,(H,33,34). The van der Waals surface area contributed by atoms with Gasteiger partial charge in [-0.15, -0.1) is 0 Å². The van der Waals surface area contributed by atoms with Crippen LogP contribution in [0.15, 0.2) is 72.9 Å². The van der Waals surface area contributed by atoms with E-state index in [1.54, 1.807) is 12.3 Å². The number of anilines is 2. The van der Waals surface area contributed by atoms with Crippen molar-refractivity contribution in [3.63, 3.8) is 0 Å². The predicted molar refractivity (Wildman–Crippen MR) is 141 cm³/mol. The summed E-state index contributed by atoms with van der Waals surface area (Å²) < 4.78 is 42.6. The van der Waals surface area contributed by atoms with Gasteiger partial charge in [0.25, 0.3) is 0 Å². The lowest BCUT2D eigenvalue weighted by molar-refractivity contribution is -0.137. The van der Waals surface area contributed by atoms with Gasteiger partial charge in [-0.1, -0.05) is 42.5 Å². The molecule has 1 unspecified atom stereocenters. The fourth-order valence-electron chi connectivity index (χ4n) is 4.94. The largest absolute Gasteiger partial charge is 0.416 e. The average Bonchev–Trinajstić information content (AvgIpc) is 3.26. The summed E-state index contributed by atoms with van der Waals surface area (Å²) in [6.45, 7) is 3.82. The van der Waals surface area contributed by atoms with E-state index in [9.17, 15) is 13.2 Å². The first kappa shape index (κ1) is 24.9. The van der Waals surface area contributed by atoms with E-state index in [0.717, 1.165) is 49.1 Å². The second-order valence-corrected chi connectivity index (χ2v) is 9.50. The Morgan fingerprint density at radius 2 is 1.65 bits per heavy atom. The Balaban J connectivity index is 1.58. The van der Waals surface area contributed by atoms with Crippen LogP contribution in [-0.2, 0) is 13.2 Å². The number of halogens is 3. The minimum atomic E-state index is -4.42. The van der Waals surface area contributed by atoms with Gasteiger partial charge in [-0.3, -0.25) is 0 Å². The fraction of sp³-hybridized carbons (Fsp3) is 0.310. The summed E-state index contributed by atoms with van der Waals surface area (Å²) in [5.74, 6) is 1.44. The Hall–Kier alpha value is -3.81. The van der Waals surface area contributed by atoms with Crippen molar-refractivity contribution in [3.8, 4) is 22.5 Å². The molecule has 1 aliphatic heterocycles. The molecule has 1 N–H and O–H groups in total. The Kier molecular flexibility index (Phi) is 6.91. The van der Waals surface area contributed by atoms with Gasteiger partial charge in [0.2, 0.25) is 5.95 Å². The molecule has 1 atom stereocenters. The molecule has 0 saturated carbocycles. The Bertz CT molecular complexity index is 1360. The molecule has 5 rings (SSSR count). The maximum Gasteiger partial charge on any atom is 0.416 e. The molecule has 4 aromatic rings. The van der Waals surface area contributed by atoms with Gasteiger partial charge >= 0.3 is 6.18 Å². The van der Waals surface area contributed by atoms with Crippen molar-refractivity contribution in [2.45, 2.75) is 38.4 Å². The van der Waals surface area contributed by atoms with Crippen molar-refractivity contribution in [2.75, 3.05) is 23.3 Å². The van der Waals surface area contributed by atoms with Crippen LogP contribution in [0.5, 0.6) is 0 Å². The normalized spacial score (nSPS) is 15.0. The van der Waals surface area contributed by atoms with Crippen LogP contribution in [0.2, 0.25) is 0 Å². The van der Waals surface area contributed by atoms with E-state index in [1.807, 2.05) is 41.9 Å². The van der Waals surface area contributed by atoms with E-state index in [0.29, 0.717) is 22.8 Å². The number of hydrogen-bond acceptors (Lipinski definition) is 4. The van der Waals surface area contributed by atoms with E-state index in [2.05, 4.69) is 34.3 Å². The minimum Gasteiger partial charge on any atom is -0.364 e. The zero-order valence-corrected chi connectivity index (χ0v) is 21.0. The maximum atomic E-state index is 13.6. The van der Waals surface area contributed by atoms with Gasteiger partial charge < -0.3 is 14.8 Å². The molecule has 0 radical (unpaired) electrons. The zero-order chi connectivity index (χ0) is 26.0. The zero-order valence-electron chi connectivity index (χ0n) is 21.0. The van der Waals surface area contributed by atoms with Gasteiger partial charge in [0.05, 0.1) is 17.0 Å². The van der Waals surface area contributed by atoms with Gasteiger partial charge in [0, 0.05) is 43.5 Å². The second kappa shape index (κ2) is 10.3. The number of rotatable bonds is 6. The molecule has 0 aliphatic carbocycles. The molecule has 3 heterocycles. The molecule has 8 heteroatoms. The highest BCUT2D eigenvalue weighted by Crippen LogP contribution is 2.39. The summed E-state index contributed by atoms with van der Waals surface area (Å²) in [5, 5.41) is 3.44. The highest BCUT2D eigenvalue weighted by atomic mass is 19.4. The maximum absolute atomic E-state index is 13.6. The third-order valence-electron chi connectivity index (χ3n) is 6.87. The first-order valence-corrected chi connectivity index (χ1v) is 12.6. The van der Waals surface area contributed by atoms with E-state index < -0.39 is 11.7 Å². The van der Waals surface area contributed by atoms with Crippen LogP contribution < -0.4 is 10.2 Å². The first-order chi connectivity index (χ1) is 17.8. The number of alkyl halides is 3. The van der Waals surface area contributed by atoms with Gasteiger partial charge in [0.1, 0.15) is 5.82 Å². The summed E-state index contributed by atoms with van der Waals surface area (Å²) in [6.07, 6.45) is 0.600. The van der Waals surface area contributed by atoms with Crippen molar-refractivity contribution < 1.29 is 13.2 Å². The molecule has 1 saturated heterocycles. The summed E-state index contributed by atoms with van der Waals surface area (Å²) in [6, 6.07) is 19.4. The predicted octanol–water partition coefficient (Wildman–Crippen LogP) is 7.33. The number of benzene rings is 2. The van der Waals surface area contributed by atoms with Crippen molar-refractivity contribution in [2.24, 2.45) is 7.05 Å². The minimum absolute atomic E-state index is 0.0273. The lowest BCUT2D eigenvalue weighted by Gasteiger charge is -2.27. The van der Waals surface area contributed by atoms with Crippen molar-refractivity contribution >= 4 is 11.8 Å². The molecular formula is C29H30F3N5. The van der Waals surface area contributed by atoms with Gasteiger partial charge in [0.15, 0.2) is 0 Å². The smallest absolute Gasteiger partial charge is 0.364 e. The molecule has 0 spiro atoms. The molecule has 37 heavy (non-hydrogen) atoms. The molecule has 1 fully saturated rings. The number of piperidine rings is 1. The molecule has 5 nitrogen and oxygen atoms in total. The van der Waals surface area contributed by atoms with Crippen LogP contribution in [0.25, 0.3) is 22.5 Å². The molecule has 1 aliphatic rings. The summed E-state index contributed by atoms with van der Waals surface area (Å²) in [7, 11) is 1.88. The first-order valence-electron chi connectivity index (χ1n) is 12.6. The SMILES string of the molecule is CC(Nc1cc(-c2nc(N3CCCCC3)n(C)c2-c2cccc(C(F)(F)F)c2)ccn1)c1ccccc1. The van der Waals surface area contributed by atoms with Gasteiger partial charge in [-0.05, 0) is 56.0 Å². The second-order valence-electron chi connectivity index (χ2n) is 9.50. The monoisotopic (exact) mass is 505 g/mol. The number of nitrogens with zero attached hydrogens (tertiary/aromatic N) is 4. The van der Waals surface area contributed by atoms with Crippen LogP contribution in [0.1, 0.15) is 43.4 Å². The van der Waals surface area contributed by atoms with Crippen LogP contribution in [0.3, 0.4) is 0 Å². The van der Waals surface area contributed by atoms with Crippen molar-refractivity contribution in [1.82, 2.24) is 14.5 Å². The summed E-state index contributed by atoms with van der Waals surface area (Å²) in [4.78, 5) is 11.7. The van der Waals surface area contributed by atoms with E-state index in [4.69, 9.17) is 4.98 Å². The highest BCUT2D eigenvalue weighted by molar-refractivity contribution is 5.82. The van der Waals surface area contributed by atoms with Crippen molar-refractivity contribution in [1.29, 1.82) is 0 Å². The third kappa shape index (κ3) is 5.33. The van der Waals surface area contributed by atoms with Crippen LogP contribution in [0, 0.1) is 0 Å². The number of pyridine rings is 1. The van der Waals surface area contributed by atoms with E-state index in [1.165, 1.54) is 18.6 Å². The fourth-order valence-corrected chi connectivity index (χ4v) is 4.94. The van der Waals surface area contributed by atoms with Crippen LogP contribution in [-0.4, -0.2) is 27.6 Å². The highest BCUT2D eigenvalue weighted by Gasteiger charge is 2.31. The van der Waals surface area contributed by atoms with Crippen molar-refractivity contribution in [3.05, 3.63) is 84.1 Å².